The van der Waals surface area contributed by atoms with Gasteiger partial charge in [0.15, 0.2) is 5.82 Å². The van der Waals surface area contributed by atoms with Crippen LogP contribution in [-0.4, -0.2) is 48.3 Å². The zero-order chi connectivity index (χ0) is 14.9. The second-order valence-electron chi connectivity index (χ2n) is 6.01. The molecule has 2 unspecified atom stereocenters. The number of likely N-dealkylation sites (N-methyl/N-ethyl adjacent to an activating group) is 1. The Morgan fingerprint density at radius 1 is 1.32 bits per heavy atom. The van der Waals surface area contributed by atoms with E-state index in [0.29, 0.717) is 12.5 Å². The normalized spacial score (nSPS) is 25.5. The largest absolute Gasteiger partial charge is 0.492 e. The van der Waals surface area contributed by atoms with E-state index in [-0.39, 0.29) is 12.0 Å². The fraction of sp³-hybridized carbons (Fsp3) is 0.500. The molecule has 3 heterocycles. The highest BCUT2D eigenvalue weighted by molar-refractivity contribution is 5.36. The zero-order valence-corrected chi connectivity index (χ0v) is 12.7. The Morgan fingerprint density at radius 2 is 2.23 bits per heavy atom. The first kappa shape index (κ1) is 13.7. The van der Waals surface area contributed by atoms with Crippen LogP contribution in [0.25, 0.3) is 0 Å². The summed E-state index contributed by atoms with van der Waals surface area (Å²) in [4.78, 5) is 6.90. The lowest BCUT2D eigenvalue weighted by atomic mass is 9.97. The first-order chi connectivity index (χ1) is 10.8. The van der Waals surface area contributed by atoms with Gasteiger partial charge in [-0.1, -0.05) is 23.4 Å². The average molecular weight is 300 g/mol. The molecule has 22 heavy (non-hydrogen) atoms. The molecule has 0 bridgehead atoms. The SMILES string of the molecule is CN1CCNCC1c1noc(C2COc3ccccc3C2)n1. The molecule has 0 spiro atoms. The summed E-state index contributed by atoms with van der Waals surface area (Å²) in [5.74, 6) is 2.56. The number of fused-ring (bicyclic) bond motifs is 1. The highest BCUT2D eigenvalue weighted by Crippen LogP contribution is 2.32. The van der Waals surface area contributed by atoms with Crippen LogP contribution < -0.4 is 10.1 Å². The number of piperazine rings is 1. The molecule has 0 saturated carbocycles. The molecule has 116 valence electrons. The van der Waals surface area contributed by atoms with Gasteiger partial charge in [0.25, 0.3) is 0 Å². The van der Waals surface area contributed by atoms with Crippen molar-refractivity contribution in [2.75, 3.05) is 33.3 Å². The van der Waals surface area contributed by atoms with Gasteiger partial charge in [0.05, 0.1) is 12.0 Å². The summed E-state index contributed by atoms with van der Waals surface area (Å²) in [5, 5.41) is 7.58. The predicted molar refractivity (Wildman–Crippen MR) is 80.9 cm³/mol. The molecule has 2 aliphatic rings. The Kier molecular flexibility index (Phi) is 3.56. The number of para-hydroxylation sites is 1. The number of benzene rings is 1. The summed E-state index contributed by atoms with van der Waals surface area (Å²) in [6.45, 7) is 3.45. The number of nitrogens with one attached hydrogen (secondary N) is 1. The lowest BCUT2D eigenvalue weighted by Gasteiger charge is -2.30. The maximum Gasteiger partial charge on any atom is 0.233 e. The van der Waals surface area contributed by atoms with E-state index >= 15 is 0 Å². The van der Waals surface area contributed by atoms with Crippen LogP contribution in [0.15, 0.2) is 28.8 Å². The van der Waals surface area contributed by atoms with Crippen LogP contribution >= 0.6 is 0 Å². The molecule has 0 aliphatic carbocycles. The summed E-state index contributed by atoms with van der Waals surface area (Å²) in [7, 11) is 2.10. The van der Waals surface area contributed by atoms with Crippen molar-refractivity contribution >= 4 is 0 Å². The van der Waals surface area contributed by atoms with E-state index in [9.17, 15) is 0 Å². The highest BCUT2D eigenvalue weighted by atomic mass is 16.5. The van der Waals surface area contributed by atoms with Crippen LogP contribution in [0.2, 0.25) is 0 Å². The van der Waals surface area contributed by atoms with Crippen LogP contribution in [0.3, 0.4) is 0 Å². The smallest absolute Gasteiger partial charge is 0.233 e. The third kappa shape index (κ3) is 2.48. The van der Waals surface area contributed by atoms with Gasteiger partial charge in [-0.2, -0.15) is 4.98 Å². The van der Waals surface area contributed by atoms with Crippen molar-refractivity contribution in [3.05, 3.63) is 41.5 Å². The summed E-state index contributed by atoms with van der Waals surface area (Å²) in [6, 6.07) is 8.32. The fourth-order valence-corrected chi connectivity index (χ4v) is 3.13. The molecule has 2 atom stereocenters. The van der Waals surface area contributed by atoms with Crippen molar-refractivity contribution in [2.45, 2.75) is 18.4 Å². The third-order valence-electron chi connectivity index (χ3n) is 4.49. The van der Waals surface area contributed by atoms with Crippen molar-refractivity contribution in [1.82, 2.24) is 20.4 Å². The third-order valence-corrected chi connectivity index (χ3v) is 4.49. The first-order valence-electron chi connectivity index (χ1n) is 7.76. The van der Waals surface area contributed by atoms with Gasteiger partial charge in [-0.25, -0.2) is 0 Å². The summed E-state index contributed by atoms with van der Waals surface area (Å²) in [6.07, 6.45) is 0.885. The minimum atomic E-state index is 0.137. The van der Waals surface area contributed by atoms with Gasteiger partial charge in [0.2, 0.25) is 5.89 Å². The number of nitrogens with zero attached hydrogens (tertiary/aromatic N) is 3. The van der Waals surface area contributed by atoms with Crippen LogP contribution in [0.4, 0.5) is 0 Å². The van der Waals surface area contributed by atoms with Crippen molar-refractivity contribution in [2.24, 2.45) is 0 Å². The maximum atomic E-state index is 5.82. The van der Waals surface area contributed by atoms with Gasteiger partial charge < -0.3 is 14.6 Å². The van der Waals surface area contributed by atoms with Crippen molar-refractivity contribution in [1.29, 1.82) is 0 Å². The first-order valence-corrected chi connectivity index (χ1v) is 7.76. The minimum Gasteiger partial charge on any atom is -0.492 e. The molecule has 0 radical (unpaired) electrons. The molecule has 1 saturated heterocycles. The molecular formula is C16H20N4O2. The summed E-state index contributed by atoms with van der Waals surface area (Å²) >= 11 is 0. The van der Waals surface area contributed by atoms with E-state index in [1.807, 2.05) is 18.2 Å². The molecule has 6 nitrogen and oxygen atoms in total. The summed E-state index contributed by atoms with van der Waals surface area (Å²) in [5.41, 5.74) is 1.20. The molecule has 1 aromatic heterocycles. The zero-order valence-electron chi connectivity index (χ0n) is 12.7. The fourth-order valence-electron chi connectivity index (χ4n) is 3.13. The Hall–Kier alpha value is -1.92. The van der Waals surface area contributed by atoms with E-state index in [2.05, 4.69) is 33.5 Å². The molecule has 2 aliphatic heterocycles. The Bertz CT molecular complexity index is 657. The predicted octanol–water partition coefficient (Wildman–Crippen LogP) is 1.36. The van der Waals surface area contributed by atoms with Gasteiger partial charge >= 0.3 is 0 Å². The van der Waals surface area contributed by atoms with Crippen molar-refractivity contribution in [3.8, 4) is 5.75 Å². The highest BCUT2D eigenvalue weighted by Gasteiger charge is 2.29. The van der Waals surface area contributed by atoms with Crippen molar-refractivity contribution < 1.29 is 9.26 Å². The minimum absolute atomic E-state index is 0.137. The van der Waals surface area contributed by atoms with Gasteiger partial charge in [0.1, 0.15) is 12.4 Å². The quantitative estimate of drug-likeness (QED) is 0.903. The van der Waals surface area contributed by atoms with Crippen LogP contribution in [0.1, 0.15) is 29.2 Å². The van der Waals surface area contributed by atoms with Gasteiger partial charge in [-0.3, -0.25) is 4.90 Å². The Labute approximate surface area is 129 Å². The molecule has 0 amide bonds. The molecule has 1 fully saturated rings. The number of rotatable bonds is 2. The standard InChI is InChI=1S/C16H20N4O2/c1-20-7-6-17-9-13(20)15-18-16(22-19-15)12-8-11-4-2-3-5-14(11)21-10-12/h2-5,12-13,17H,6-10H2,1H3. The number of hydrogen-bond donors (Lipinski definition) is 1. The summed E-state index contributed by atoms with van der Waals surface area (Å²) < 4.78 is 11.3. The van der Waals surface area contributed by atoms with E-state index in [0.717, 1.165) is 37.6 Å². The van der Waals surface area contributed by atoms with Gasteiger partial charge in [0, 0.05) is 19.6 Å². The van der Waals surface area contributed by atoms with E-state index in [1.165, 1.54) is 5.56 Å². The number of aromatic nitrogens is 2. The van der Waals surface area contributed by atoms with Crippen LogP contribution in [0.5, 0.6) is 5.75 Å². The maximum absolute atomic E-state index is 5.82. The molecule has 6 heteroatoms. The molecular weight excluding hydrogens is 280 g/mol. The number of ether oxygens (including phenoxy) is 1. The second kappa shape index (κ2) is 5.70. The van der Waals surface area contributed by atoms with E-state index in [4.69, 9.17) is 9.26 Å². The van der Waals surface area contributed by atoms with Crippen molar-refractivity contribution in [3.63, 3.8) is 0 Å². The molecule has 1 aromatic carbocycles. The van der Waals surface area contributed by atoms with Gasteiger partial charge in [-0.05, 0) is 25.1 Å². The topological polar surface area (TPSA) is 63.4 Å². The Morgan fingerprint density at radius 3 is 3.14 bits per heavy atom. The van der Waals surface area contributed by atoms with Crippen LogP contribution in [-0.2, 0) is 6.42 Å². The second-order valence-corrected chi connectivity index (χ2v) is 6.01. The molecule has 1 N–H and O–H groups in total. The average Bonchev–Trinajstić information content (AvgIpc) is 3.04. The van der Waals surface area contributed by atoms with E-state index in [1.54, 1.807) is 0 Å². The number of hydrogen-bond acceptors (Lipinski definition) is 6. The van der Waals surface area contributed by atoms with Gasteiger partial charge in [-0.15, -0.1) is 0 Å². The lowest BCUT2D eigenvalue weighted by Crippen LogP contribution is -2.44. The lowest BCUT2D eigenvalue weighted by molar-refractivity contribution is 0.189. The molecule has 4 rings (SSSR count). The Balaban J connectivity index is 1.52. The van der Waals surface area contributed by atoms with E-state index < -0.39 is 0 Å². The van der Waals surface area contributed by atoms with Crippen LogP contribution in [0, 0.1) is 0 Å². The molecule has 2 aromatic rings. The monoisotopic (exact) mass is 300 g/mol.